The Labute approximate surface area is 143 Å². The first kappa shape index (κ1) is 15.4. The van der Waals surface area contributed by atoms with Crippen molar-refractivity contribution in [2.75, 3.05) is 6.54 Å². The summed E-state index contributed by atoms with van der Waals surface area (Å²) in [5, 5.41) is 6.29. The van der Waals surface area contributed by atoms with Crippen molar-refractivity contribution in [2.45, 2.75) is 32.1 Å². The molecule has 3 aromatic carbocycles. The Morgan fingerprint density at radius 2 is 1.71 bits per heavy atom. The van der Waals surface area contributed by atoms with Crippen molar-refractivity contribution in [1.82, 2.24) is 5.32 Å². The van der Waals surface area contributed by atoms with Crippen LogP contribution in [-0.4, -0.2) is 12.6 Å². The average Bonchev–Trinajstić information content (AvgIpc) is 2.65. The predicted octanol–water partition coefficient (Wildman–Crippen LogP) is 4.63. The molecule has 1 N–H and O–H groups in total. The van der Waals surface area contributed by atoms with Crippen LogP contribution in [0.5, 0.6) is 0 Å². The first-order chi connectivity index (χ1) is 11.8. The first-order valence-corrected chi connectivity index (χ1v) is 8.70. The standard InChI is InChI=1S/C22H23NO/c1-16(21-12-6-10-17-7-4-5-11-22(17)21)23-14-20-13-18-8-2-3-9-19(18)15-24-20/h2-12,16,20,23H,13-15H2,1H3/t16-,20-/m1/s1. The summed E-state index contributed by atoms with van der Waals surface area (Å²) in [6, 6.07) is 24.0. The van der Waals surface area contributed by atoms with E-state index in [1.165, 1.54) is 27.5 Å². The van der Waals surface area contributed by atoms with Gasteiger partial charge in [-0.05, 0) is 34.4 Å². The van der Waals surface area contributed by atoms with Gasteiger partial charge in [0.05, 0.1) is 12.7 Å². The number of hydrogen-bond donors (Lipinski definition) is 1. The van der Waals surface area contributed by atoms with Crippen molar-refractivity contribution in [3.63, 3.8) is 0 Å². The van der Waals surface area contributed by atoms with Crippen LogP contribution >= 0.6 is 0 Å². The molecule has 0 spiro atoms. The van der Waals surface area contributed by atoms with Crippen LogP contribution in [0.15, 0.2) is 66.7 Å². The maximum atomic E-state index is 6.02. The Morgan fingerprint density at radius 3 is 2.62 bits per heavy atom. The van der Waals surface area contributed by atoms with Gasteiger partial charge in [0.25, 0.3) is 0 Å². The molecule has 0 aromatic heterocycles. The molecule has 0 unspecified atom stereocenters. The fourth-order valence-corrected chi connectivity index (χ4v) is 3.59. The second-order valence-corrected chi connectivity index (χ2v) is 6.60. The van der Waals surface area contributed by atoms with Gasteiger partial charge in [-0.1, -0.05) is 66.7 Å². The Balaban J connectivity index is 1.44. The number of nitrogens with one attached hydrogen (secondary N) is 1. The molecule has 24 heavy (non-hydrogen) atoms. The van der Waals surface area contributed by atoms with Gasteiger partial charge in [-0.15, -0.1) is 0 Å². The number of fused-ring (bicyclic) bond motifs is 2. The monoisotopic (exact) mass is 317 g/mol. The smallest absolute Gasteiger partial charge is 0.0744 e. The summed E-state index contributed by atoms with van der Waals surface area (Å²) in [6.07, 6.45) is 1.24. The Morgan fingerprint density at radius 1 is 0.958 bits per heavy atom. The zero-order chi connectivity index (χ0) is 16.4. The number of benzene rings is 3. The van der Waals surface area contributed by atoms with Crippen molar-refractivity contribution in [2.24, 2.45) is 0 Å². The molecule has 1 heterocycles. The molecule has 2 heteroatoms. The van der Waals surface area contributed by atoms with Gasteiger partial charge in [0.1, 0.15) is 0 Å². The van der Waals surface area contributed by atoms with Crippen LogP contribution < -0.4 is 5.32 Å². The highest BCUT2D eigenvalue weighted by atomic mass is 16.5. The molecule has 1 aliphatic rings. The van der Waals surface area contributed by atoms with Crippen LogP contribution in [-0.2, 0) is 17.8 Å². The topological polar surface area (TPSA) is 21.3 Å². The molecular formula is C22H23NO. The van der Waals surface area contributed by atoms with E-state index in [0.717, 1.165) is 19.6 Å². The van der Waals surface area contributed by atoms with Gasteiger partial charge in [-0.25, -0.2) is 0 Å². The van der Waals surface area contributed by atoms with Gasteiger partial charge in [-0.3, -0.25) is 0 Å². The van der Waals surface area contributed by atoms with E-state index in [1.807, 2.05) is 0 Å². The fourth-order valence-electron chi connectivity index (χ4n) is 3.59. The Bertz CT molecular complexity index is 837. The molecule has 3 aromatic rings. The molecule has 0 radical (unpaired) electrons. The number of ether oxygens (including phenoxy) is 1. The summed E-state index contributed by atoms with van der Waals surface area (Å²) < 4.78 is 6.02. The molecule has 0 saturated carbocycles. The van der Waals surface area contributed by atoms with E-state index in [-0.39, 0.29) is 6.10 Å². The minimum absolute atomic E-state index is 0.248. The number of hydrogen-bond acceptors (Lipinski definition) is 2. The minimum Gasteiger partial charge on any atom is -0.372 e. The minimum atomic E-state index is 0.248. The maximum absolute atomic E-state index is 6.02. The van der Waals surface area contributed by atoms with Crippen molar-refractivity contribution < 1.29 is 4.74 Å². The van der Waals surface area contributed by atoms with Gasteiger partial charge in [0.15, 0.2) is 0 Å². The third kappa shape index (κ3) is 3.08. The quantitative estimate of drug-likeness (QED) is 0.757. The van der Waals surface area contributed by atoms with Crippen LogP contribution in [0, 0.1) is 0 Å². The second kappa shape index (κ2) is 6.76. The van der Waals surface area contributed by atoms with Crippen molar-refractivity contribution >= 4 is 10.8 Å². The lowest BCUT2D eigenvalue weighted by Crippen LogP contribution is -2.34. The molecule has 2 nitrogen and oxygen atoms in total. The summed E-state index contributed by atoms with van der Waals surface area (Å²) in [6.45, 7) is 3.84. The molecule has 122 valence electrons. The van der Waals surface area contributed by atoms with E-state index in [1.54, 1.807) is 0 Å². The van der Waals surface area contributed by atoms with E-state index in [9.17, 15) is 0 Å². The first-order valence-electron chi connectivity index (χ1n) is 8.70. The van der Waals surface area contributed by atoms with Crippen LogP contribution in [0.3, 0.4) is 0 Å². The molecule has 0 amide bonds. The normalized spacial score (nSPS) is 18.3. The van der Waals surface area contributed by atoms with Crippen molar-refractivity contribution in [3.05, 3.63) is 83.4 Å². The second-order valence-electron chi connectivity index (χ2n) is 6.60. The van der Waals surface area contributed by atoms with E-state index < -0.39 is 0 Å². The lowest BCUT2D eigenvalue weighted by molar-refractivity contribution is 0.0276. The zero-order valence-corrected chi connectivity index (χ0v) is 14.0. The highest BCUT2D eigenvalue weighted by Crippen LogP contribution is 2.25. The van der Waals surface area contributed by atoms with Gasteiger partial charge in [0.2, 0.25) is 0 Å². The molecular weight excluding hydrogens is 294 g/mol. The lowest BCUT2D eigenvalue weighted by Gasteiger charge is -2.27. The molecule has 2 atom stereocenters. The number of rotatable bonds is 4. The van der Waals surface area contributed by atoms with Gasteiger partial charge in [-0.2, -0.15) is 0 Å². The summed E-state index contributed by atoms with van der Waals surface area (Å²) in [7, 11) is 0. The highest BCUT2D eigenvalue weighted by molar-refractivity contribution is 5.86. The highest BCUT2D eigenvalue weighted by Gasteiger charge is 2.19. The van der Waals surface area contributed by atoms with Crippen LogP contribution in [0.25, 0.3) is 10.8 Å². The summed E-state index contributed by atoms with van der Waals surface area (Å²) in [5.74, 6) is 0. The molecule has 0 aliphatic carbocycles. The third-order valence-corrected chi connectivity index (χ3v) is 4.98. The lowest BCUT2D eigenvalue weighted by atomic mass is 9.97. The average molecular weight is 317 g/mol. The summed E-state index contributed by atoms with van der Waals surface area (Å²) >= 11 is 0. The van der Waals surface area contributed by atoms with Crippen molar-refractivity contribution in [1.29, 1.82) is 0 Å². The SMILES string of the molecule is C[C@@H](NC[C@H]1Cc2ccccc2CO1)c1cccc2ccccc12. The fraction of sp³-hybridized carbons (Fsp3) is 0.273. The van der Waals surface area contributed by atoms with Gasteiger partial charge in [0, 0.05) is 19.0 Å². The predicted molar refractivity (Wildman–Crippen MR) is 99.1 cm³/mol. The molecule has 0 saturated heterocycles. The maximum Gasteiger partial charge on any atom is 0.0744 e. The van der Waals surface area contributed by atoms with E-state index in [2.05, 4.69) is 79.0 Å². The third-order valence-electron chi connectivity index (χ3n) is 4.98. The Hall–Kier alpha value is -2.16. The largest absolute Gasteiger partial charge is 0.372 e. The van der Waals surface area contributed by atoms with Crippen LogP contribution in [0.4, 0.5) is 0 Å². The van der Waals surface area contributed by atoms with E-state index in [4.69, 9.17) is 4.74 Å². The van der Waals surface area contributed by atoms with E-state index >= 15 is 0 Å². The molecule has 4 rings (SSSR count). The molecule has 0 bridgehead atoms. The zero-order valence-electron chi connectivity index (χ0n) is 14.0. The van der Waals surface area contributed by atoms with Crippen molar-refractivity contribution in [3.8, 4) is 0 Å². The molecule has 1 aliphatic heterocycles. The van der Waals surface area contributed by atoms with Gasteiger partial charge >= 0.3 is 0 Å². The van der Waals surface area contributed by atoms with Crippen LogP contribution in [0.1, 0.15) is 29.7 Å². The van der Waals surface area contributed by atoms with Gasteiger partial charge < -0.3 is 10.1 Å². The Kier molecular flexibility index (Phi) is 4.33. The van der Waals surface area contributed by atoms with E-state index in [0.29, 0.717) is 6.04 Å². The summed E-state index contributed by atoms with van der Waals surface area (Å²) in [4.78, 5) is 0. The molecule has 0 fully saturated rings. The summed E-state index contributed by atoms with van der Waals surface area (Å²) in [5.41, 5.74) is 4.11. The van der Waals surface area contributed by atoms with Crippen LogP contribution in [0.2, 0.25) is 0 Å².